The zero-order valence-electron chi connectivity index (χ0n) is 9.61. The molecule has 1 heterocycles. The summed E-state index contributed by atoms with van der Waals surface area (Å²) in [7, 11) is 0. The number of likely N-dealkylation sites (N-methyl/N-ethyl adjacent to an activating group) is 1. The lowest BCUT2D eigenvalue weighted by atomic mass is 10.3. The molecule has 0 saturated heterocycles. The van der Waals surface area contributed by atoms with Crippen molar-refractivity contribution in [1.82, 2.24) is 14.9 Å². The third-order valence-corrected chi connectivity index (χ3v) is 2.41. The molecule has 0 bridgehead atoms. The molecule has 0 amide bonds. The Bertz CT molecular complexity index is 273. The van der Waals surface area contributed by atoms with Gasteiger partial charge in [-0.2, -0.15) is 0 Å². The highest BCUT2D eigenvalue weighted by atomic mass is 16.3. The Morgan fingerprint density at radius 3 is 2.93 bits per heavy atom. The number of imidazole rings is 1. The first-order valence-electron chi connectivity index (χ1n) is 5.66. The summed E-state index contributed by atoms with van der Waals surface area (Å²) < 4.78 is 2.12. The molecule has 4 nitrogen and oxygen atoms in total. The topological polar surface area (TPSA) is 50.1 Å². The van der Waals surface area contributed by atoms with E-state index in [0.29, 0.717) is 0 Å². The van der Waals surface area contributed by atoms with Crippen LogP contribution in [0.25, 0.3) is 0 Å². The molecule has 0 aliphatic carbocycles. The average molecular weight is 211 g/mol. The molecule has 0 spiro atoms. The third-order valence-electron chi connectivity index (χ3n) is 2.41. The van der Waals surface area contributed by atoms with Crippen LogP contribution in [-0.2, 0) is 13.0 Å². The van der Waals surface area contributed by atoms with Crippen LogP contribution < -0.4 is 5.32 Å². The van der Waals surface area contributed by atoms with Crippen molar-refractivity contribution in [3.8, 4) is 0 Å². The molecule has 0 aliphatic heterocycles. The van der Waals surface area contributed by atoms with Crippen LogP contribution in [0.3, 0.4) is 0 Å². The molecule has 4 heteroatoms. The number of aliphatic hydroxyl groups is 1. The van der Waals surface area contributed by atoms with Crippen LogP contribution in [0.15, 0.2) is 12.4 Å². The predicted octanol–water partition coefficient (Wildman–Crippen LogP) is 0.806. The van der Waals surface area contributed by atoms with Crippen molar-refractivity contribution in [3.63, 3.8) is 0 Å². The first kappa shape index (κ1) is 12.2. The highest BCUT2D eigenvalue weighted by Crippen LogP contribution is 2.02. The van der Waals surface area contributed by atoms with E-state index in [4.69, 9.17) is 0 Å². The normalized spacial score (nSPS) is 13.0. The minimum absolute atomic E-state index is 0.125. The third kappa shape index (κ3) is 3.64. The van der Waals surface area contributed by atoms with Gasteiger partial charge in [0, 0.05) is 31.4 Å². The van der Waals surface area contributed by atoms with Crippen LogP contribution >= 0.6 is 0 Å². The molecule has 1 aromatic heterocycles. The van der Waals surface area contributed by atoms with Crippen molar-refractivity contribution in [2.75, 3.05) is 13.2 Å². The number of nitrogens with one attached hydrogen (secondary N) is 1. The van der Waals surface area contributed by atoms with E-state index >= 15 is 0 Å². The molecule has 1 rings (SSSR count). The van der Waals surface area contributed by atoms with Gasteiger partial charge in [0.1, 0.15) is 5.82 Å². The maximum atomic E-state index is 9.18. The van der Waals surface area contributed by atoms with Crippen molar-refractivity contribution in [1.29, 1.82) is 0 Å². The molecule has 0 radical (unpaired) electrons. The Balaban J connectivity index is 2.57. The highest BCUT2D eigenvalue weighted by Gasteiger charge is 2.08. The van der Waals surface area contributed by atoms with E-state index in [0.717, 1.165) is 31.8 Å². The summed E-state index contributed by atoms with van der Waals surface area (Å²) >= 11 is 0. The Kier molecular flexibility index (Phi) is 5.36. The van der Waals surface area contributed by atoms with Gasteiger partial charge in [0.15, 0.2) is 0 Å². The molecule has 0 aromatic carbocycles. The number of hydrogen-bond acceptors (Lipinski definition) is 3. The second-order valence-electron chi connectivity index (χ2n) is 3.68. The van der Waals surface area contributed by atoms with Gasteiger partial charge in [0.05, 0.1) is 6.61 Å². The molecule has 86 valence electrons. The molecular formula is C11H21N3O. The SMILES string of the molecule is CCCc1nccn1CC(CO)NCC. The quantitative estimate of drug-likeness (QED) is 0.701. The van der Waals surface area contributed by atoms with Gasteiger partial charge in [-0.05, 0) is 13.0 Å². The Hall–Kier alpha value is -0.870. The number of rotatable bonds is 7. The van der Waals surface area contributed by atoms with Crippen molar-refractivity contribution in [3.05, 3.63) is 18.2 Å². The van der Waals surface area contributed by atoms with E-state index in [2.05, 4.69) is 21.8 Å². The van der Waals surface area contributed by atoms with Gasteiger partial charge in [-0.15, -0.1) is 0 Å². The predicted molar refractivity (Wildman–Crippen MR) is 60.8 cm³/mol. The summed E-state index contributed by atoms with van der Waals surface area (Å²) in [4.78, 5) is 4.31. The first-order chi connectivity index (χ1) is 7.31. The van der Waals surface area contributed by atoms with Crippen molar-refractivity contribution < 1.29 is 5.11 Å². The molecule has 1 unspecified atom stereocenters. The monoisotopic (exact) mass is 211 g/mol. The molecule has 1 atom stereocenters. The zero-order chi connectivity index (χ0) is 11.1. The Labute approximate surface area is 91.3 Å². The number of nitrogens with zero attached hydrogens (tertiary/aromatic N) is 2. The van der Waals surface area contributed by atoms with E-state index in [9.17, 15) is 5.11 Å². The fourth-order valence-corrected chi connectivity index (χ4v) is 1.67. The molecular weight excluding hydrogens is 190 g/mol. The van der Waals surface area contributed by atoms with Crippen LogP contribution in [-0.4, -0.2) is 33.9 Å². The van der Waals surface area contributed by atoms with Gasteiger partial charge >= 0.3 is 0 Å². The summed E-state index contributed by atoms with van der Waals surface area (Å²) in [6.07, 6.45) is 5.90. The van der Waals surface area contributed by atoms with Crippen molar-refractivity contribution in [2.24, 2.45) is 0 Å². The number of aromatic nitrogens is 2. The van der Waals surface area contributed by atoms with Crippen molar-refractivity contribution >= 4 is 0 Å². The molecule has 0 aliphatic rings. The van der Waals surface area contributed by atoms with E-state index in [1.807, 2.05) is 19.3 Å². The average Bonchev–Trinajstić information content (AvgIpc) is 2.66. The van der Waals surface area contributed by atoms with Crippen molar-refractivity contribution in [2.45, 2.75) is 39.3 Å². The number of hydrogen-bond donors (Lipinski definition) is 2. The van der Waals surface area contributed by atoms with Crippen LogP contribution in [0.2, 0.25) is 0 Å². The second kappa shape index (κ2) is 6.58. The van der Waals surface area contributed by atoms with Gasteiger partial charge in [0.25, 0.3) is 0 Å². The van der Waals surface area contributed by atoms with Crippen LogP contribution in [0.1, 0.15) is 26.1 Å². The molecule has 0 fully saturated rings. The summed E-state index contributed by atoms with van der Waals surface area (Å²) in [5, 5.41) is 12.4. The maximum Gasteiger partial charge on any atom is 0.108 e. The largest absolute Gasteiger partial charge is 0.395 e. The maximum absolute atomic E-state index is 9.18. The van der Waals surface area contributed by atoms with Gasteiger partial charge in [-0.25, -0.2) is 4.98 Å². The minimum atomic E-state index is 0.125. The lowest BCUT2D eigenvalue weighted by Gasteiger charge is -2.17. The highest BCUT2D eigenvalue weighted by molar-refractivity contribution is 4.93. The fourth-order valence-electron chi connectivity index (χ4n) is 1.67. The Morgan fingerprint density at radius 2 is 2.33 bits per heavy atom. The molecule has 2 N–H and O–H groups in total. The molecule has 1 aromatic rings. The summed E-state index contributed by atoms with van der Waals surface area (Å²) in [5.74, 6) is 1.11. The van der Waals surface area contributed by atoms with Gasteiger partial charge in [-0.1, -0.05) is 13.8 Å². The standard InChI is InChI=1S/C11H21N3O/c1-3-5-11-13-6-7-14(11)8-10(9-15)12-4-2/h6-7,10,12,15H,3-5,8-9H2,1-2H3. The lowest BCUT2D eigenvalue weighted by molar-refractivity contribution is 0.230. The van der Waals surface area contributed by atoms with E-state index in [1.54, 1.807) is 0 Å². The molecule has 0 saturated carbocycles. The first-order valence-corrected chi connectivity index (χ1v) is 5.66. The Morgan fingerprint density at radius 1 is 1.53 bits per heavy atom. The van der Waals surface area contributed by atoms with Crippen LogP contribution in [0, 0.1) is 0 Å². The van der Waals surface area contributed by atoms with E-state index in [-0.39, 0.29) is 12.6 Å². The molecule has 15 heavy (non-hydrogen) atoms. The van der Waals surface area contributed by atoms with Gasteiger partial charge in [0.2, 0.25) is 0 Å². The van der Waals surface area contributed by atoms with E-state index < -0.39 is 0 Å². The summed E-state index contributed by atoms with van der Waals surface area (Å²) in [5.41, 5.74) is 0. The van der Waals surface area contributed by atoms with Crippen LogP contribution in [0.5, 0.6) is 0 Å². The zero-order valence-corrected chi connectivity index (χ0v) is 9.61. The number of aliphatic hydroxyl groups excluding tert-OH is 1. The smallest absolute Gasteiger partial charge is 0.108 e. The van der Waals surface area contributed by atoms with E-state index in [1.165, 1.54) is 0 Å². The summed E-state index contributed by atoms with van der Waals surface area (Å²) in [6, 6.07) is 0.125. The van der Waals surface area contributed by atoms with Gasteiger partial charge < -0.3 is 15.0 Å². The van der Waals surface area contributed by atoms with Crippen LogP contribution in [0.4, 0.5) is 0 Å². The number of aryl methyl sites for hydroxylation is 1. The van der Waals surface area contributed by atoms with Gasteiger partial charge in [-0.3, -0.25) is 0 Å². The lowest BCUT2D eigenvalue weighted by Crippen LogP contribution is -2.36. The second-order valence-corrected chi connectivity index (χ2v) is 3.68. The fraction of sp³-hybridized carbons (Fsp3) is 0.727. The summed E-state index contributed by atoms with van der Waals surface area (Å²) in [6.45, 7) is 6.02. The minimum Gasteiger partial charge on any atom is -0.395 e.